The Morgan fingerprint density at radius 2 is 2.16 bits per heavy atom. The molecule has 3 aliphatic heterocycles. The number of urea groups is 1. The molecule has 3 aliphatic rings. The molecule has 3 unspecified atom stereocenters. The summed E-state index contributed by atoms with van der Waals surface area (Å²) in [6, 6.07) is -1.88. The van der Waals surface area contributed by atoms with Crippen molar-refractivity contribution in [1.82, 2.24) is 20.3 Å². The quantitative estimate of drug-likeness (QED) is 0.451. The van der Waals surface area contributed by atoms with Gasteiger partial charge < -0.3 is 10.2 Å². The number of rotatable bonds is 6. The van der Waals surface area contributed by atoms with Crippen LogP contribution in [0.5, 0.6) is 0 Å². The van der Waals surface area contributed by atoms with Crippen LogP contribution in [0.15, 0.2) is 0 Å². The molecule has 0 aromatic rings. The van der Waals surface area contributed by atoms with E-state index in [1.807, 2.05) is 0 Å². The van der Waals surface area contributed by atoms with Crippen molar-refractivity contribution in [2.45, 2.75) is 43.8 Å². The van der Waals surface area contributed by atoms with Crippen LogP contribution in [0.4, 0.5) is 4.79 Å². The topological polar surface area (TPSA) is 129 Å². The van der Waals surface area contributed by atoms with Crippen molar-refractivity contribution in [1.29, 1.82) is 0 Å². The van der Waals surface area contributed by atoms with E-state index < -0.39 is 28.5 Å². The molecule has 142 valence electrons. The maximum Gasteiger partial charge on any atom is 0.418 e. The average Bonchev–Trinajstić information content (AvgIpc) is 3.14. The summed E-state index contributed by atoms with van der Waals surface area (Å²) in [5.41, 5.74) is 0. The largest absolute Gasteiger partial charge is 0.418 e. The van der Waals surface area contributed by atoms with Crippen molar-refractivity contribution >= 4 is 22.3 Å². The first kappa shape index (κ1) is 18.3. The molecule has 3 atom stereocenters. The fourth-order valence-corrected chi connectivity index (χ4v) is 4.01. The molecule has 0 aromatic carbocycles. The van der Waals surface area contributed by atoms with Gasteiger partial charge in [0.1, 0.15) is 6.04 Å². The smallest absolute Gasteiger partial charge is 0.312 e. The molecule has 2 N–H and O–H groups in total. The molecular formula is C13H22N4O7S. The molecule has 3 fully saturated rings. The number of carbonyl (C=O) groups is 2. The molecule has 3 saturated heterocycles. The molecule has 25 heavy (non-hydrogen) atoms. The molecule has 2 bridgehead atoms. The van der Waals surface area contributed by atoms with Crippen LogP contribution in [0.25, 0.3) is 0 Å². The van der Waals surface area contributed by atoms with Crippen molar-refractivity contribution in [3.05, 3.63) is 0 Å². The molecule has 3 rings (SSSR count). The summed E-state index contributed by atoms with van der Waals surface area (Å²) in [6.07, 6.45) is 2.72. The lowest BCUT2D eigenvalue weighted by atomic mass is 10.00. The Morgan fingerprint density at radius 3 is 2.76 bits per heavy atom. The van der Waals surface area contributed by atoms with E-state index in [0.29, 0.717) is 24.4 Å². The summed E-state index contributed by atoms with van der Waals surface area (Å²) in [5, 5.41) is 5.14. The SMILES string of the molecule is CON(CC1CCCN1)C(=O)C1CCC2CN1C(=O)N2OS(=O)(=O)O. The first-order valence-electron chi connectivity index (χ1n) is 8.16. The van der Waals surface area contributed by atoms with Crippen LogP contribution in [0, 0.1) is 0 Å². The van der Waals surface area contributed by atoms with Gasteiger partial charge in [-0.05, 0) is 32.2 Å². The van der Waals surface area contributed by atoms with E-state index in [1.165, 1.54) is 17.1 Å². The highest BCUT2D eigenvalue weighted by atomic mass is 32.3. The van der Waals surface area contributed by atoms with Gasteiger partial charge in [0.15, 0.2) is 0 Å². The standard InChI is InChI=1S/C13H22N4O7S/c1-23-16(7-9-3-2-6-14-9)12(18)11-5-4-10-8-15(11)13(19)17(10)24-25(20,21)22/h9-11,14H,2-8H2,1H3,(H,20,21,22). The number of nitrogens with zero attached hydrogens (tertiary/aromatic N) is 3. The average molecular weight is 378 g/mol. The normalized spacial score (nSPS) is 29.4. The predicted octanol–water partition coefficient (Wildman–Crippen LogP) is -0.869. The molecule has 3 heterocycles. The third-order valence-electron chi connectivity index (χ3n) is 4.80. The molecule has 12 heteroatoms. The third kappa shape index (κ3) is 3.87. The molecule has 11 nitrogen and oxygen atoms in total. The van der Waals surface area contributed by atoms with Gasteiger partial charge in [-0.15, -0.1) is 4.28 Å². The van der Waals surface area contributed by atoms with Crippen molar-refractivity contribution < 1.29 is 31.7 Å². The summed E-state index contributed by atoms with van der Waals surface area (Å²) >= 11 is 0. The van der Waals surface area contributed by atoms with Gasteiger partial charge in [0.25, 0.3) is 5.91 Å². The summed E-state index contributed by atoms with van der Waals surface area (Å²) in [6.45, 7) is 1.43. The molecular weight excluding hydrogens is 356 g/mol. The highest BCUT2D eigenvalue weighted by molar-refractivity contribution is 7.80. The zero-order valence-electron chi connectivity index (χ0n) is 13.8. The minimum absolute atomic E-state index is 0.147. The Bertz CT molecular complexity index is 636. The van der Waals surface area contributed by atoms with Crippen molar-refractivity contribution in [3.63, 3.8) is 0 Å². The zero-order chi connectivity index (χ0) is 18.2. The van der Waals surface area contributed by atoms with Gasteiger partial charge in [0.05, 0.1) is 19.7 Å². The van der Waals surface area contributed by atoms with Crippen LogP contribution in [0.3, 0.4) is 0 Å². The number of piperidine rings is 1. The lowest BCUT2D eigenvalue weighted by molar-refractivity contribution is -0.182. The van der Waals surface area contributed by atoms with Crippen LogP contribution in [-0.2, 0) is 24.3 Å². The summed E-state index contributed by atoms with van der Waals surface area (Å²) < 4.78 is 35.0. The summed E-state index contributed by atoms with van der Waals surface area (Å²) in [4.78, 5) is 31.6. The highest BCUT2D eigenvalue weighted by Crippen LogP contribution is 2.31. The van der Waals surface area contributed by atoms with Crippen LogP contribution >= 0.6 is 0 Å². The third-order valence-corrected chi connectivity index (χ3v) is 5.15. The predicted molar refractivity (Wildman–Crippen MR) is 83.1 cm³/mol. The molecule has 0 saturated carbocycles. The van der Waals surface area contributed by atoms with Crippen molar-refractivity contribution in [3.8, 4) is 0 Å². The maximum absolute atomic E-state index is 12.8. The number of amides is 3. The number of hydrogen-bond donors (Lipinski definition) is 2. The molecule has 0 spiro atoms. The number of fused-ring (bicyclic) bond motifs is 2. The van der Waals surface area contributed by atoms with Crippen LogP contribution < -0.4 is 5.32 Å². The number of hydroxylamine groups is 4. The molecule has 0 radical (unpaired) electrons. The number of carbonyl (C=O) groups excluding carboxylic acids is 2. The van der Waals surface area contributed by atoms with E-state index in [1.54, 1.807) is 0 Å². The van der Waals surface area contributed by atoms with Gasteiger partial charge >= 0.3 is 16.4 Å². The highest BCUT2D eigenvalue weighted by Gasteiger charge is 2.50. The first-order chi connectivity index (χ1) is 11.8. The van der Waals surface area contributed by atoms with Crippen molar-refractivity contribution in [2.24, 2.45) is 0 Å². The maximum atomic E-state index is 12.8. The van der Waals surface area contributed by atoms with Crippen LogP contribution in [-0.4, -0.2) is 84.8 Å². The van der Waals surface area contributed by atoms with E-state index in [2.05, 4.69) is 9.60 Å². The zero-order valence-corrected chi connectivity index (χ0v) is 14.6. The lowest BCUT2D eigenvalue weighted by Gasteiger charge is -2.33. The Hall–Kier alpha value is -1.47. The van der Waals surface area contributed by atoms with Gasteiger partial charge in [-0.1, -0.05) is 0 Å². The lowest BCUT2D eigenvalue weighted by Crippen LogP contribution is -2.52. The van der Waals surface area contributed by atoms with E-state index in [-0.39, 0.29) is 18.5 Å². The Morgan fingerprint density at radius 1 is 1.40 bits per heavy atom. The number of nitrogens with one attached hydrogen (secondary N) is 1. The number of hydrogen-bond acceptors (Lipinski definition) is 7. The van der Waals surface area contributed by atoms with E-state index >= 15 is 0 Å². The van der Waals surface area contributed by atoms with Crippen LogP contribution in [0.2, 0.25) is 0 Å². The fourth-order valence-electron chi connectivity index (χ4n) is 3.62. The van der Waals surface area contributed by atoms with Gasteiger partial charge in [0.2, 0.25) is 0 Å². The van der Waals surface area contributed by atoms with Gasteiger partial charge in [-0.25, -0.2) is 9.86 Å². The second kappa shape index (κ2) is 7.03. The van der Waals surface area contributed by atoms with Gasteiger partial charge in [0, 0.05) is 12.6 Å². The van der Waals surface area contributed by atoms with Crippen molar-refractivity contribution in [2.75, 3.05) is 26.7 Å². The molecule has 0 aromatic heterocycles. The molecule has 3 amide bonds. The molecule has 0 aliphatic carbocycles. The van der Waals surface area contributed by atoms with E-state index in [9.17, 15) is 18.0 Å². The second-order valence-corrected chi connectivity index (χ2v) is 7.39. The first-order valence-corrected chi connectivity index (χ1v) is 9.52. The van der Waals surface area contributed by atoms with Gasteiger partial charge in [-0.2, -0.15) is 13.5 Å². The van der Waals surface area contributed by atoms with Gasteiger partial charge in [-0.3, -0.25) is 14.2 Å². The monoisotopic (exact) mass is 378 g/mol. The second-order valence-electron chi connectivity index (χ2n) is 6.39. The Kier molecular flexibility index (Phi) is 5.16. The summed E-state index contributed by atoms with van der Waals surface area (Å²) in [5.74, 6) is -0.350. The minimum atomic E-state index is -4.80. The fraction of sp³-hybridized carbons (Fsp3) is 0.846. The Balaban J connectivity index is 1.68. The minimum Gasteiger partial charge on any atom is -0.312 e. The van der Waals surface area contributed by atoms with E-state index in [0.717, 1.165) is 19.4 Å². The van der Waals surface area contributed by atoms with E-state index in [4.69, 9.17) is 9.39 Å². The van der Waals surface area contributed by atoms with Crippen LogP contribution in [0.1, 0.15) is 25.7 Å². The summed E-state index contributed by atoms with van der Waals surface area (Å²) in [7, 11) is -3.40. The Labute approximate surface area is 145 Å².